The van der Waals surface area contributed by atoms with Crippen LogP contribution in [0.1, 0.15) is 5.56 Å². The molecule has 0 aromatic heterocycles. The molecule has 0 spiro atoms. The fraction of sp³-hybridized carbons (Fsp3) is 0.300. The highest BCUT2D eigenvalue weighted by atomic mass is 35.5. The molecule has 0 amide bonds. The molecule has 0 radical (unpaired) electrons. The molecule has 0 aliphatic heterocycles. The summed E-state index contributed by atoms with van der Waals surface area (Å²) < 4.78 is 9.51. The molecule has 0 aliphatic rings. The molecule has 3 nitrogen and oxygen atoms in total. The number of methoxy groups -OCH3 is 2. The summed E-state index contributed by atoms with van der Waals surface area (Å²) in [7, 11) is 2.82. The number of benzene rings is 1. The number of hydrogen-bond acceptors (Lipinski definition) is 3. The van der Waals surface area contributed by atoms with Crippen LogP contribution in [-0.2, 0) is 16.0 Å². The second kappa shape index (κ2) is 5.24. The van der Waals surface area contributed by atoms with Gasteiger partial charge in [-0.3, -0.25) is 4.79 Å². The van der Waals surface area contributed by atoms with E-state index >= 15 is 0 Å². The number of ether oxygens (including phenoxy) is 2. The van der Waals surface area contributed by atoms with Crippen LogP contribution < -0.4 is 4.74 Å². The average Bonchev–Trinajstić information content (AvgIpc) is 2.22. The zero-order valence-electron chi connectivity index (χ0n) is 8.34. The van der Waals surface area contributed by atoms with Crippen LogP contribution in [0.2, 0.25) is 10.0 Å². The molecule has 1 aromatic rings. The first-order valence-electron chi connectivity index (χ1n) is 4.17. The molecule has 0 N–H and O–H groups in total. The summed E-state index contributed by atoms with van der Waals surface area (Å²) in [6.45, 7) is 0. The van der Waals surface area contributed by atoms with E-state index in [1.807, 2.05) is 0 Å². The molecule has 0 saturated carbocycles. The van der Waals surface area contributed by atoms with Crippen LogP contribution in [0.25, 0.3) is 0 Å². The lowest BCUT2D eigenvalue weighted by molar-refractivity contribution is -0.139. The summed E-state index contributed by atoms with van der Waals surface area (Å²) in [5, 5.41) is 0.849. The molecular formula is C10H10Cl2O3. The van der Waals surface area contributed by atoms with E-state index in [1.165, 1.54) is 14.2 Å². The van der Waals surface area contributed by atoms with Crippen LogP contribution in [0.4, 0.5) is 0 Å². The molecule has 15 heavy (non-hydrogen) atoms. The largest absolute Gasteiger partial charge is 0.495 e. The Labute approximate surface area is 97.9 Å². The van der Waals surface area contributed by atoms with Crippen LogP contribution in [0, 0.1) is 0 Å². The Kier molecular flexibility index (Phi) is 4.24. The van der Waals surface area contributed by atoms with Crippen LogP contribution in [0.5, 0.6) is 5.75 Å². The smallest absolute Gasteiger partial charge is 0.310 e. The fourth-order valence-corrected chi connectivity index (χ4v) is 1.57. The lowest BCUT2D eigenvalue weighted by atomic mass is 10.1. The Bertz CT molecular complexity index is 377. The van der Waals surface area contributed by atoms with Crippen molar-refractivity contribution in [3.05, 3.63) is 27.7 Å². The molecule has 0 unspecified atom stereocenters. The predicted molar refractivity (Wildman–Crippen MR) is 58.7 cm³/mol. The van der Waals surface area contributed by atoms with E-state index < -0.39 is 0 Å². The van der Waals surface area contributed by atoms with Crippen molar-refractivity contribution in [2.75, 3.05) is 14.2 Å². The van der Waals surface area contributed by atoms with E-state index in [0.29, 0.717) is 21.4 Å². The van der Waals surface area contributed by atoms with Crippen molar-refractivity contribution in [3.63, 3.8) is 0 Å². The number of halogens is 2. The molecule has 1 aromatic carbocycles. The molecule has 5 heteroatoms. The van der Waals surface area contributed by atoms with Gasteiger partial charge in [0.05, 0.1) is 25.7 Å². The first-order valence-corrected chi connectivity index (χ1v) is 4.92. The third-order valence-electron chi connectivity index (χ3n) is 1.88. The van der Waals surface area contributed by atoms with E-state index in [0.717, 1.165) is 0 Å². The Morgan fingerprint density at radius 1 is 1.27 bits per heavy atom. The summed E-state index contributed by atoms with van der Waals surface area (Å²) in [5.41, 5.74) is 0.620. The Balaban J connectivity index is 3.00. The maximum absolute atomic E-state index is 11.0. The van der Waals surface area contributed by atoms with E-state index in [2.05, 4.69) is 4.74 Å². The zero-order chi connectivity index (χ0) is 11.4. The highest BCUT2D eigenvalue weighted by molar-refractivity contribution is 6.34. The van der Waals surface area contributed by atoms with Crippen LogP contribution >= 0.6 is 23.2 Å². The molecule has 82 valence electrons. The molecule has 0 heterocycles. The van der Waals surface area contributed by atoms with Gasteiger partial charge in [-0.1, -0.05) is 23.2 Å². The maximum atomic E-state index is 11.0. The second-order valence-corrected chi connectivity index (χ2v) is 3.65. The van der Waals surface area contributed by atoms with Gasteiger partial charge in [0.25, 0.3) is 0 Å². The summed E-state index contributed by atoms with van der Waals surface area (Å²) >= 11 is 11.8. The number of carbonyl (C=O) groups is 1. The van der Waals surface area contributed by atoms with E-state index in [1.54, 1.807) is 12.1 Å². The van der Waals surface area contributed by atoms with Crippen molar-refractivity contribution in [3.8, 4) is 5.75 Å². The molecule has 1 rings (SSSR count). The van der Waals surface area contributed by atoms with Crippen molar-refractivity contribution in [1.82, 2.24) is 0 Å². The summed E-state index contributed by atoms with van der Waals surface area (Å²) in [6.07, 6.45) is 0.0963. The lowest BCUT2D eigenvalue weighted by Gasteiger charge is -2.07. The number of carbonyl (C=O) groups excluding carboxylic acids is 1. The third kappa shape index (κ3) is 3.01. The van der Waals surface area contributed by atoms with Crippen LogP contribution in [0.3, 0.4) is 0 Å². The third-order valence-corrected chi connectivity index (χ3v) is 2.53. The van der Waals surface area contributed by atoms with Crippen LogP contribution in [0.15, 0.2) is 12.1 Å². The second-order valence-electron chi connectivity index (χ2n) is 2.83. The van der Waals surface area contributed by atoms with E-state index in [9.17, 15) is 4.79 Å². The summed E-state index contributed by atoms with van der Waals surface area (Å²) in [5.74, 6) is 0.119. The highest BCUT2D eigenvalue weighted by Gasteiger charge is 2.11. The van der Waals surface area contributed by atoms with Crippen molar-refractivity contribution in [2.24, 2.45) is 0 Å². The Morgan fingerprint density at radius 3 is 2.47 bits per heavy atom. The lowest BCUT2D eigenvalue weighted by Crippen LogP contribution is -2.05. The van der Waals surface area contributed by atoms with Crippen molar-refractivity contribution < 1.29 is 14.3 Å². The predicted octanol–water partition coefficient (Wildman–Crippen LogP) is 2.72. The summed E-state index contributed by atoms with van der Waals surface area (Å²) in [4.78, 5) is 11.0. The highest BCUT2D eigenvalue weighted by Crippen LogP contribution is 2.31. The van der Waals surface area contributed by atoms with Gasteiger partial charge >= 0.3 is 5.97 Å². The van der Waals surface area contributed by atoms with Gasteiger partial charge in [-0.25, -0.2) is 0 Å². The van der Waals surface area contributed by atoms with Gasteiger partial charge < -0.3 is 9.47 Å². The first kappa shape index (κ1) is 12.1. The Morgan fingerprint density at radius 2 is 1.93 bits per heavy atom. The number of rotatable bonds is 3. The van der Waals surface area contributed by atoms with Crippen molar-refractivity contribution >= 4 is 29.2 Å². The van der Waals surface area contributed by atoms with Gasteiger partial charge in [0.2, 0.25) is 0 Å². The Hall–Kier alpha value is -0.930. The van der Waals surface area contributed by atoms with Gasteiger partial charge in [0.15, 0.2) is 0 Å². The minimum absolute atomic E-state index is 0.0963. The quantitative estimate of drug-likeness (QED) is 0.772. The van der Waals surface area contributed by atoms with E-state index in [4.69, 9.17) is 27.9 Å². The standard InChI is InChI=1S/C10H10Cl2O3/c1-14-9-5-7(11)6(3-8(9)12)4-10(13)15-2/h3,5H,4H2,1-2H3. The average molecular weight is 249 g/mol. The van der Waals surface area contributed by atoms with Gasteiger partial charge in [0, 0.05) is 11.1 Å². The molecule has 0 aliphatic carbocycles. The van der Waals surface area contributed by atoms with E-state index in [-0.39, 0.29) is 12.4 Å². The van der Waals surface area contributed by atoms with Crippen molar-refractivity contribution in [1.29, 1.82) is 0 Å². The first-order chi connectivity index (χ1) is 7.08. The summed E-state index contributed by atoms with van der Waals surface area (Å²) in [6, 6.07) is 3.17. The van der Waals surface area contributed by atoms with Gasteiger partial charge in [-0.2, -0.15) is 0 Å². The molecular weight excluding hydrogens is 239 g/mol. The molecule has 0 saturated heterocycles. The zero-order valence-corrected chi connectivity index (χ0v) is 9.85. The normalized spacial score (nSPS) is 9.87. The monoisotopic (exact) mass is 248 g/mol. The topological polar surface area (TPSA) is 35.5 Å². The van der Waals surface area contributed by atoms with Crippen LogP contribution in [-0.4, -0.2) is 20.2 Å². The van der Waals surface area contributed by atoms with Gasteiger partial charge in [-0.05, 0) is 11.6 Å². The minimum atomic E-state index is -0.363. The van der Waals surface area contributed by atoms with Gasteiger partial charge in [0.1, 0.15) is 5.75 Å². The molecule has 0 bridgehead atoms. The van der Waals surface area contributed by atoms with Crippen molar-refractivity contribution in [2.45, 2.75) is 6.42 Å². The molecule has 0 fully saturated rings. The molecule has 0 atom stereocenters. The van der Waals surface area contributed by atoms with Gasteiger partial charge in [-0.15, -0.1) is 0 Å². The minimum Gasteiger partial charge on any atom is -0.495 e. The number of hydrogen-bond donors (Lipinski definition) is 0. The fourth-order valence-electron chi connectivity index (χ4n) is 1.09. The SMILES string of the molecule is COC(=O)Cc1cc(Cl)c(OC)cc1Cl. The maximum Gasteiger partial charge on any atom is 0.310 e. The number of esters is 1.